The minimum atomic E-state index is -4.24. The maximum atomic E-state index is 12.5. The van der Waals surface area contributed by atoms with Gasteiger partial charge in [-0.05, 0) is 25.0 Å². The normalized spacial score (nSPS) is 15.9. The molecule has 1 nitrogen and oxygen atoms in total. The molecular weight excluding hydrogens is 217 g/mol. The van der Waals surface area contributed by atoms with E-state index in [1.807, 2.05) is 0 Å². The summed E-state index contributed by atoms with van der Waals surface area (Å²) in [5.74, 6) is 0. The van der Waals surface area contributed by atoms with E-state index in [0.717, 1.165) is 5.56 Å². The molecule has 0 aromatic heterocycles. The van der Waals surface area contributed by atoms with Crippen molar-refractivity contribution in [2.45, 2.75) is 32.0 Å². The molecule has 0 heterocycles. The van der Waals surface area contributed by atoms with Gasteiger partial charge in [0.15, 0.2) is 0 Å². The first kappa shape index (κ1) is 13.0. The first-order valence-corrected chi connectivity index (χ1v) is 4.96. The summed E-state index contributed by atoms with van der Waals surface area (Å²) in [6.07, 6.45) is -5.23. The highest BCUT2D eigenvalue weighted by atomic mass is 19.4. The van der Waals surface area contributed by atoms with Crippen molar-refractivity contribution < 1.29 is 17.9 Å². The van der Waals surface area contributed by atoms with Crippen LogP contribution in [0.3, 0.4) is 0 Å². The molecule has 1 aromatic carbocycles. The van der Waals surface area contributed by atoms with Gasteiger partial charge in [0.05, 0.1) is 12.0 Å². The van der Waals surface area contributed by atoms with Crippen LogP contribution in [0.25, 0.3) is 0 Å². The minimum Gasteiger partial charge on any atom is -0.373 e. The summed E-state index contributed by atoms with van der Waals surface area (Å²) < 4.78 is 42.5. The Morgan fingerprint density at radius 2 is 1.75 bits per heavy atom. The van der Waals surface area contributed by atoms with Crippen molar-refractivity contribution in [2.24, 2.45) is 0 Å². The van der Waals surface area contributed by atoms with Crippen molar-refractivity contribution >= 4 is 0 Å². The standard InChI is InChI=1S/C12H15F3O/c1-9-6-4-5-7-10(9)11(2,16-3)8-12(13,14)15/h4-7H,8H2,1-3H3. The summed E-state index contributed by atoms with van der Waals surface area (Å²) >= 11 is 0. The number of halogens is 3. The van der Waals surface area contributed by atoms with Crippen LogP contribution in [0.2, 0.25) is 0 Å². The third-order valence-electron chi connectivity index (χ3n) is 2.70. The van der Waals surface area contributed by atoms with Gasteiger partial charge in [0.2, 0.25) is 0 Å². The quantitative estimate of drug-likeness (QED) is 0.770. The predicted octanol–water partition coefficient (Wildman–Crippen LogP) is 3.81. The van der Waals surface area contributed by atoms with Gasteiger partial charge in [-0.2, -0.15) is 13.2 Å². The van der Waals surface area contributed by atoms with Crippen molar-refractivity contribution in [3.8, 4) is 0 Å². The second kappa shape index (κ2) is 4.45. The van der Waals surface area contributed by atoms with E-state index in [9.17, 15) is 13.2 Å². The van der Waals surface area contributed by atoms with Crippen LogP contribution in [0, 0.1) is 6.92 Å². The van der Waals surface area contributed by atoms with E-state index in [-0.39, 0.29) is 0 Å². The highest BCUT2D eigenvalue weighted by molar-refractivity contribution is 5.31. The second-order valence-electron chi connectivity index (χ2n) is 4.04. The lowest BCUT2D eigenvalue weighted by atomic mass is 9.88. The van der Waals surface area contributed by atoms with Crippen LogP contribution in [0.1, 0.15) is 24.5 Å². The lowest BCUT2D eigenvalue weighted by Crippen LogP contribution is -2.32. The Morgan fingerprint density at radius 3 is 2.19 bits per heavy atom. The van der Waals surface area contributed by atoms with Crippen molar-refractivity contribution in [1.29, 1.82) is 0 Å². The first-order valence-electron chi connectivity index (χ1n) is 4.96. The van der Waals surface area contributed by atoms with E-state index in [4.69, 9.17) is 4.74 Å². The molecule has 4 heteroatoms. The number of ether oxygens (including phenoxy) is 1. The molecule has 0 saturated heterocycles. The Labute approximate surface area is 93.2 Å². The van der Waals surface area contributed by atoms with Crippen molar-refractivity contribution in [3.63, 3.8) is 0 Å². The Bertz CT molecular complexity index is 360. The molecule has 1 aromatic rings. The lowest BCUT2D eigenvalue weighted by Gasteiger charge is -2.31. The molecule has 0 radical (unpaired) electrons. The van der Waals surface area contributed by atoms with E-state index in [1.165, 1.54) is 14.0 Å². The van der Waals surface area contributed by atoms with E-state index < -0.39 is 18.2 Å². The third-order valence-corrected chi connectivity index (χ3v) is 2.70. The van der Waals surface area contributed by atoms with Gasteiger partial charge in [0.1, 0.15) is 0 Å². The summed E-state index contributed by atoms with van der Waals surface area (Å²) in [6.45, 7) is 3.24. The highest BCUT2D eigenvalue weighted by Gasteiger charge is 2.41. The predicted molar refractivity (Wildman–Crippen MR) is 56.2 cm³/mol. The number of methoxy groups -OCH3 is 1. The van der Waals surface area contributed by atoms with Crippen molar-refractivity contribution in [3.05, 3.63) is 35.4 Å². The number of benzene rings is 1. The summed E-state index contributed by atoms with van der Waals surface area (Å²) in [5.41, 5.74) is 0.0646. The molecule has 0 fully saturated rings. The van der Waals surface area contributed by atoms with Gasteiger partial charge < -0.3 is 4.74 Å². The number of rotatable bonds is 3. The van der Waals surface area contributed by atoms with Gasteiger partial charge >= 0.3 is 6.18 Å². The van der Waals surface area contributed by atoms with Crippen molar-refractivity contribution in [1.82, 2.24) is 0 Å². The average molecular weight is 232 g/mol. The minimum absolute atomic E-state index is 0.579. The number of alkyl halides is 3. The molecule has 90 valence electrons. The third kappa shape index (κ3) is 2.98. The van der Waals surface area contributed by atoms with Crippen LogP contribution in [0.15, 0.2) is 24.3 Å². The Hall–Kier alpha value is -1.03. The smallest absolute Gasteiger partial charge is 0.373 e. The lowest BCUT2D eigenvalue weighted by molar-refractivity contribution is -0.181. The monoisotopic (exact) mass is 232 g/mol. The number of aryl methyl sites for hydroxylation is 1. The molecule has 0 N–H and O–H groups in total. The molecule has 0 amide bonds. The fraction of sp³-hybridized carbons (Fsp3) is 0.500. The number of hydrogen-bond acceptors (Lipinski definition) is 1. The number of hydrogen-bond donors (Lipinski definition) is 0. The second-order valence-corrected chi connectivity index (χ2v) is 4.04. The fourth-order valence-corrected chi connectivity index (χ4v) is 1.83. The SMILES string of the molecule is COC(C)(CC(F)(F)F)c1ccccc1C. The van der Waals surface area contributed by atoms with Gasteiger partial charge in [-0.1, -0.05) is 24.3 Å². The first-order chi connectivity index (χ1) is 7.28. The summed E-state index contributed by atoms with van der Waals surface area (Å²) in [6, 6.07) is 6.96. The Morgan fingerprint density at radius 1 is 1.19 bits per heavy atom. The maximum Gasteiger partial charge on any atom is 0.392 e. The summed E-state index contributed by atoms with van der Waals surface area (Å²) in [4.78, 5) is 0. The molecule has 1 rings (SSSR count). The van der Waals surface area contributed by atoms with Crippen LogP contribution in [-0.2, 0) is 10.3 Å². The summed E-state index contributed by atoms with van der Waals surface area (Å²) in [5, 5.41) is 0. The molecule has 1 atom stereocenters. The highest BCUT2D eigenvalue weighted by Crippen LogP contribution is 2.38. The van der Waals surface area contributed by atoms with Crippen LogP contribution >= 0.6 is 0 Å². The largest absolute Gasteiger partial charge is 0.392 e. The van der Waals surface area contributed by atoms with Gasteiger partial charge in [-0.15, -0.1) is 0 Å². The topological polar surface area (TPSA) is 9.23 Å². The molecule has 16 heavy (non-hydrogen) atoms. The van der Waals surface area contributed by atoms with Gasteiger partial charge in [-0.3, -0.25) is 0 Å². The molecule has 0 aliphatic rings. The van der Waals surface area contributed by atoms with Crippen LogP contribution < -0.4 is 0 Å². The molecule has 0 spiro atoms. The zero-order valence-electron chi connectivity index (χ0n) is 9.56. The van der Waals surface area contributed by atoms with E-state index >= 15 is 0 Å². The van der Waals surface area contributed by atoms with E-state index in [0.29, 0.717) is 5.56 Å². The molecule has 0 bridgehead atoms. The van der Waals surface area contributed by atoms with E-state index in [1.54, 1.807) is 31.2 Å². The Balaban J connectivity index is 3.10. The van der Waals surface area contributed by atoms with Gasteiger partial charge in [0, 0.05) is 7.11 Å². The average Bonchev–Trinajstić information content (AvgIpc) is 2.15. The summed E-state index contributed by atoms with van der Waals surface area (Å²) in [7, 11) is 1.30. The van der Waals surface area contributed by atoms with Crippen molar-refractivity contribution in [2.75, 3.05) is 7.11 Å². The molecule has 1 unspecified atom stereocenters. The van der Waals surface area contributed by atoms with Gasteiger partial charge in [-0.25, -0.2) is 0 Å². The van der Waals surface area contributed by atoms with E-state index in [2.05, 4.69) is 0 Å². The molecule has 0 aliphatic heterocycles. The fourth-order valence-electron chi connectivity index (χ4n) is 1.83. The van der Waals surface area contributed by atoms with Crippen LogP contribution in [-0.4, -0.2) is 13.3 Å². The molecular formula is C12H15F3O. The zero-order valence-corrected chi connectivity index (χ0v) is 9.56. The van der Waals surface area contributed by atoms with Gasteiger partial charge in [0.25, 0.3) is 0 Å². The molecule has 0 saturated carbocycles. The molecule has 0 aliphatic carbocycles. The maximum absolute atomic E-state index is 12.5. The zero-order chi connectivity index (χ0) is 12.4. The Kier molecular flexibility index (Phi) is 3.63. The van der Waals surface area contributed by atoms with Crippen LogP contribution in [0.5, 0.6) is 0 Å². The van der Waals surface area contributed by atoms with Crippen LogP contribution in [0.4, 0.5) is 13.2 Å².